The fourth-order valence-corrected chi connectivity index (χ4v) is 1.35. The van der Waals surface area contributed by atoms with Crippen LogP contribution in [0.15, 0.2) is 12.1 Å². The second-order valence-corrected chi connectivity index (χ2v) is 3.46. The smallest absolute Gasteiger partial charge is 0.269 e. The average Bonchev–Trinajstić information content (AvgIpc) is 2.37. The molecule has 0 saturated heterocycles. The Bertz CT molecular complexity index is 374. The maximum Gasteiger partial charge on any atom is 0.269 e. The zero-order valence-electron chi connectivity index (χ0n) is 12.7. The predicted octanol–water partition coefficient (Wildman–Crippen LogP) is 2.88. The molecule has 0 aliphatic rings. The largest absolute Gasteiger partial charge is 0.398 e. The molecule has 0 radical (unpaired) electrons. The summed E-state index contributed by atoms with van der Waals surface area (Å²) in [6, 6.07) is 3.68. The molecule has 4 heteroatoms. The molecule has 1 aromatic rings. The van der Waals surface area contributed by atoms with Crippen LogP contribution in [0.4, 0.5) is 5.69 Å². The molecule has 4 nitrogen and oxygen atoms in total. The molecule has 0 aliphatic carbocycles. The van der Waals surface area contributed by atoms with Crippen molar-refractivity contribution in [2.24, 2.45) is 5.84 Å². The van der Waals surface area contributed by atoms with Gasteiger partial charge < -0.3 is 5.73 Å². The second-order valence-electron chi connectivity index (χ2n) is 3.46. The van der Waals surface area contributed by atoms with E-state index in [1.165, 1.54) is 7.05 Å². The van der Waals surface area contributed by atoms with Crippen LogP contribution in [0.2, 0.25) is 0 Å². The van der Waals surface area contributed by atoms with E-state index in [0.717, 1.165) is 16.1 Å². The number of amides is 1. The van der Waals surface area contributed by atoms with Gasteiger partial charge in [0.25, 0.3) is 5.91 Å². The van der Waals surface area contributed by atoms with Gasteiger partial charge in [-0.1, -0.05) is 33.8 Å². The number of nitrogens with two attached hydrogens (primary N) is 2. The summed E-state index contributed by atoms with van der Waals surface area (Å²) < 4.78 is 0. The van der Waals surface area contributed by atoms with Crippen LogP contribution in [-0.2, 0) is 0 Å². The van der Waals surface area contributed by atoms with Crippen molar-refractivity contribution in [2.45, 2.75) is 41.5 Å². The topological polar surface area (TPSA) is 72.4 Å². The third-order valence-corrected chi connectivity index (χ3v) is 2.08. The quantitative estimate of drug-likeness (QED) is 0.350. The molecule has 0 aliphatic heterocycles. The fraction of sp³-hybridized carbons (Fsp3) is 0.500. The molecule has 1 aromatic carbocycles. The van der Waals surface area contributed by atoms with E-state index < -0.39 is 0 Å². The van der Waals surface area contributed by atoms with Crippen LogP contribution in [0.1, 0.15) is 49.2 Å². The summed E-state index contributed by atoms with van der Waals surface area (Å²) >= 11 is 0. The van der Waals surface area contributed by atoms with E-state index in [0.29, 0.717) is 11.3 Å². The number of rotatable bonds is 1. The van der Waals surface area contributed by atoms with Gasteiger partial charge >= 0.3 is 0 Å². The maximum atomic E-state index is 11.6. The van der Waals surface area contributed by atoms with Gasteiger partial charge in [0, 0.05) is 12.7 Å². The number of anilines is 1. The molecular weight excluding hydrogens is 226 g/mol. The number of benzene rings is 1. The van der Waals surface area contributed by atoms with Crippen LogP contribution in [0.5, 0.6) is 0 Å². The number of hydrogen-bond acceptors (Lipinski definition) is 3. The van der Waals surface area contributed by atoms with E-state index in [-0.39, 0.29) is 5.91 Å². The summed E-state index contributed by atoms with van der Waals surface area (Å²) in [5.41, 5.74) is 8.65. The van der Waals surface area contributed by atoms with Gasteiger partial charge in [0.1, 0.15) is 0 Å². The average molecular weight is 253 g/mol. The minimum atomic E-state index is -0.269. The lowest BCUT2D eigenvalue weighted by Crippen LogP contribution is -2.33. The highest BCUT2D eigenvalue weighted by molar-refractivity contribution is 5.99. The number of carbonyl (C=O) groups excluding carboxylic acids is 1. The van der Waals surface area contributed by atoms with Crippen molar-refractivity contribution in [3.63, 3.8) is 0 Å². The van der Waals surface area contributed by atoms with Crippen LogP contribution in [0.3, 0.4) is 0 Å². The van der Waals surface area contributed by atoms with Gasteiger partial charge in [-0.25, -0.2) is 5.84 Å². The monoisotopic (exact) mass is 253 g/mol. The molecule has 0 atom stereocenters. The van der Waals surface area contributed by atoms with E-state index in [2.05, 4.69) is 0 Å². The number of hydrazine groups is 1. The Morgan fingerprint density at radius 3 is 1.94 bits per heavy atom. The van der Waals surface area contributed by atoms with Crippen molar-refractivity contribution in [1.82, 2.24) is 5.01 Å². The standard InChI is InChI=1S/C10H15N3O.2C2H6/c1-6-4-7(2)9(11)8(5-6)10(14)13(3)12;2*1-2/h4-5H,11-12H2,1-3H3;2*1-2H3. The molecule has 0 aromatic heterocycles. The van der Waals surface area contributed by atoms with Crippen molar-refractivity contribution < 1.29 is 4.79 Å². The second kappa shape index (κ2) is 9.48. The van der Waals surface area contributed by atoms with Crippen molar-refractivity contribution in [1.29, 1.82) is 0 Å². The van der Waals surface area contributed by atoms with Crippen LogP contribution < -0.4 is 11.6 Å². The predicted molar refractivity (Wildman–Crippen MR) is 79.3 cm³/mol. The lowest BCUT2D eigenvalue weighted by atomic mass is 10.0. The highest BCUT2D eigenvalue weighted by Crippen LogP contribution is 2.19. The zero-order valence-corrected chi connectivity index (χ0v) is 12.7. The fourth-order valence-electron chi connectivity index (χ4n) is 1.35. The lowest BCUT2D eigenvalue weighted by molar-refractivity contribution is 0.0796. The van der Waals surface area contributed by atoms with Crippen molar-refractivity contribution in [2.75, 3.05) is 12.8 Å². The van der Waals surface area contributed by atoms with Gasteiger partial charge in [0.15, 0.2) is 0 Å². The third kappa shape index (κ3) is 5.19. The highest BCUT2D eigenvalue weighted by Gasteiger charge is 2.13. The van der Waals surface area contributed by atoms with Crippen LogP contribution >= 0.6 is 0 Å². The van der Waals surface area contributed by atoms with Gasteiger partial charge in [0.2, 0.25) is 0 Å². The molecule has 1 amide bonds. The Labute approximate surface area is 111 Å². The molecule has 0 unspecified atom stereocenters. The number of aryl methyl sites for hydroxylation is 2. The minimum Gasteiger partial charge on any atom is -0.398 e. The van der Waals surface area contributed by atoms with Gasteiger partial charge in [-0.15, -0.1) is 0 Å². The SMILES string of the molecule is CC.CC.Cc1cc(C)c(N)c(C(=O)N(C)N)c1. The number of carbonyl (C=O) groups is 1. The van der Waals surface area contributed by atoms with Gasteiger partial charge in [-0.05, 0) is 31.0 Å². The molecule has 0 bridgehead atoms. The van der Waals surface area contributed by atoms with Crippen molar-refractivity contribution >= 4 is 11.6 Å². The first kappa shape index (κ1) is 18.8. The maximum absolute atomic E-state index is 11.6. The molecule has 0 spiro atoms. The first-order valence-corrected chi connectivity index (χ1v) is 6.33. The summed E-state index contributed by atoms with van der Waals surface area (Å²) in [6.07, 6.45) is 0. The van der Waals surface area contributed by atoms with E-state index in [9.17, 15) is 4.79 Å². The Morgan fingerprint density at radius 2 is 1.56 bits per heavy atom. The zero-order chi connectivity index (χ0) is 14.9. The molecule has 104 valence electrons. The summed E-state index contributed by atoms with van der Waals surface area (Å²) in [4.78, 5) is 11.6. The number of nitrogens with zero attached hydrogens (tertiary/aromatic N) is 1. The molecule has 0 saturated carbocycles. The van der Waals surface area contributed by atoms with Crippen LogP contribution in [0.25, 0.3) is 0 Å². The Hall–Kier alpha value is -1.55. The van der Waals surface area contributed by atoms with Gasteiger partial charge in [0.05, 0.1) is 5.56 Å². The summed E-state index contributed by atoms with van der Waals surface area (Å²) in [5, 5.41) is 1.03. The molecule has 0 heterocycles. The molecular formula is C14H27N3O. The van der Waals surface area contributed by atoms with E-state index >= 15 is 0 Å². The van der Waals surface area contributed by atoms with Crippen LogP contribution in [0, 0.1) is 13.8 Å². The molecule has 1 rings (SSSR count). The lowest BCUT2D eigenvalue weighted by Gasteiger charge is -2.13. The molecule has 0 fully saturated rings. The highest BCUT2D eigenvalue weighted by atomic mass is 16.2. The number of hydrogen-bond donors (Lipinski definition) is 2. The normalized spacial score (nSPS) is 8.44. The third-order valence-electron chi connectivity index (χ3n) is 2.08. The van der Waals surface area contributed by atoms with Crippen molar-refractivity contribution in [3.05, 3.63) is 28.8 Å². The Kier molecular flexibility index (Phi) is 9.90. The van der Waals surface area contributed by atoms with E-state index in [1.54, 1.807) is 6.07 Å². The van der Waals surface area contributed by atoms with E-state index in [4.69, 9.17) is 11.6 Å². The Balaban J connectivity index is 0. The first-order valence-electron chi connectivity index (χ1n) is 6.33. The first-order chi connectivity index (χ1) is 8.43. The Morgan fingerprint density at radius 1 is 1.11 bits per heavy atom. The summed E-state index contributed by atoms with van der Waals surface area (Å²) in [5.74, 6) is 5.10. The van der Waals surface area contributed by atoms with Crippen LogP contribution in [-0.4, -0.2) is 18.0 Å². The van der Waals surface area contributed by atoms with Gasteiger partial charge in [-0.3, -0.25) is 9.80 Å². The summed E-state index contributed by atoms with van der Waals surface area (Å²) in [7, 11) is 1.50. The van der Waals surface area contributed by atoms with Gasteiger partial charge in [-0.2, -0.15) is 0 Å². The van der Waals surface area contributed by atoms with Crippen molar-refractivity contribution in [3.8, 4) is 0 Å². The number of nitrogen functional groups attached to an aromatic ring is 1. The summed E-state index contributed by atoms with van der Waals surface area (Å²) in [6.45, 7) is 11.8. The molecule has 18 heavy (non-hydrogen) atoms. The molecule has 4 N–H and O–H groups in total. The van der Waals surface area contributed by atoms with E-state index in [1.807, 2.05) is 47.6 Å². The minimum absolute atomic E-state index is 0.269.